The van der Waals surface area contributed by atoms with E-state index in [0.717, 1.165) is 6.42 Å². The maximum atomic E-state index is 11.8. The second kappa shape index (κ2) is 31.9. The molecule has 14 heteroatoms. The lowest BCUT2D eigenvalue weighted by atomic mass is 10.2. The van der Waals surface area contributed by atoms with Crippen LogP contribution in [0.1, 0.15) is 39.0 Å². The Balaban J connectivity index is 3.33. The zero-order valence-electron chi connectivity index (χ0n) is 25.5. The highest BCUT2D eigenvalue weighted by Crippen LogP contribution is 1.95. The number of Topliss-reactive ketones (excluding diaryl/α,β-unsaturated/α-hetero) is 2. The van der Waals surface area contributed by atoms with E-state index in [9.17, 15) is 19.2 Å². The number of ketones is 2. The monoisotopic (exact) mass is 608 g/mol. The number of carbonyl (C=O) groups is 4. The minimum absolute atomic E-state index is 0.00110. The van der Waals surface area contributed by atoms with E-state index in [1.54, 1.807) is 7.05 Å². The lowest BCUT2D eigenvalue weighted by Crippen LogP contribution is -2.31. The minimum atomic E-state index is -0.258. The van der Waals surface area contributed by atoms with E-state index in [4.69, 9.17) is 37.9 Å². The average Bonchev–Trinajstić information content (AvgIpc) is 2.98. The number of carbonyl (C=O) groups excluding carboxylic acids is 4. The number of rotatable bonds is 33. The van der Waals surface area contributed by atoms with E-state index >= 15 is 0 Å². The number of hydrogen-bond acceptors (Lipinski definition) is 12. The molecule has 2 amide bonds. The van der Waals surface area contributed by atoms with Crippen LogP contribution in [0.2, 0.25) is 0 Å². The normalized spacial score (nSPS) is 11.0. The van der Waals surface area contributed by atoms with Crippen molar-refractivity contribution in [3.8, 4) is 0 Å². The molecule has 0 atom stereocenters. The van der Waals surface area contributed by atoms with E-state index in [1.807, 2.05) is 6.92 Å². The molecular weight excluding hydrogens is 556 g/mol. The van der Waals surface area contributed by atoms with Crippen LogP contribution in [0.3, 0.4) is 0 Å². The van der Waals surface area contributed by atoms with Crippen molar-refractivity contribution < 1.29 is 57.1 Å². The van der Waals surface area contributed by atoms with Crippen LogP contribution < -0.4 is 10.6 Å². The molecule has 0 unspecified atom stereocenters. The summed E-state index contributed by atoms with van der Waals surface area (Å²) in [6, 6.07) is 0. The summed E-state index contributed by atoms with van der Waals surface area (Å²) in [4.78, 5) is 46.2. The highest BCUT2D eigenvalue weighted by molar-refractivity contribution is 5.80. The molecule has 14 nitrogen and oxygen atoms in total. The Morgan fingerprint density at radius 1 is 0.476 bits per heavy atom. The number of amides is 2. The first kappa shape index (κ1) is 40.0. The van der Waals surface area contributed by atoms with Gasteiger partial charge in [-0.25, -0.2) is 0 Å². The van der Waals surface area contributed by atoms with E-state index in [1.165, 1.54) is 0 Å². The summed E-state index contributed by atoms with van der Waals surface area (Å²) in [5.74, 6) is -0.440. The molecule has 0 spiro atoms. The lowest BCUT2D eigenvalue weighted by molar-refractivity contribution is -0.127. The van der Waals surface area contributed by atoms with Crippen LogP contribution in [0.15, 0.2) is 0 Å². The van der Waals surface area contributed by atoms with E-state index in [-0.39, 0.29) is 63.0 Å². The van der Waals surface area contributed by atoms with Crippen LogP contribution in [0, 0.1) is 0 Å². The number of likely N-dealkylation sites (N-methyl/N-ethyl adjacent to an activating group) is 1. The van der Waals surface area contributed by atoms with Crippen LogP contribution in [0.4, 0.5) is 0 Å². The predicted octanol–water partition coefficient (Wildman–Crippen LogP) is 0.0900. The van der Waals surface area contributed by atoms with Gasteiger partial charge in [0.2, 0.25) is 11.8 Å². The van der Waals surface area contributed by atoms with Crippen LogP contribution in [-0.2, 0) is 57.1 Å². The number of ether oxygens (including phenoxy) is 8. The zero-order chi connectivity index (χ0) is 30.9. The molecule has 42 heavy (non-hydrogen) atoms. The van der Waals surface area contributed by atoms with Gasteiger partial charge in [-0.3, -0.25) is 19.2 Å². The van der Waals surface area contributed by atoms with Gasteiger partial charge in [0.25, 0.3) is 0 Å². The Bertz CT molecular complexity index is 681. The largest absolute Gasteiger partial charge is 0.379 e. The third-order valence-corrected chi connectivity index (χ3v) is 5.16. The summed E-state index contributed by atoms with van der Waals surface area (Å²) in [5, 5.41) is 5.13. The fraction of sp³-hybridized carbons (Fsp3) is 0.857. The average molecular weight is 609 g/mol. The molecule has 0 saturated carbocycles. The molecule has 0 bridgehead atoms. The predicted molar refractivity (Wildman–Crippen MR) is 152 cm³/mol. The third-order valence-electron chi connectivity index (χ3n) is 5.16. The van der Waals surface area contributed by atoms with Crippen molar-refractivity contribution in [2.24, 2.45) is 0 Å². The van der Waals surface area contributed by atoms with Crippen molar-refractivity contribution in [3.63, 3.8) is 0 Å². The van der Waals surface area contributed by atoms with Gasteiger partial charge in [-0.05, 0) is 19.3 Å². The molecule has 0 aromatic carbocycles. The summed E-state index contributed by atoms with van der Waals surface area (Å²) in [6.45, 7) is 7.05. The molecule has 0 aliphatic rings. The molecule has 0 saturated heterocycles. The molecule has 0 aliphatic carbocycles. The van der Waals surface area contributed by atoms with Gasteiger partial charge in [-0.2, -0.15) is 0 Å². The van der Waals surface area contributed by atoms with Crippen LogP contribution >= 0.6 is 0 Å². The van der Waals surface area contributed by atoms with E-state index < -0.39 is 0 Å². The summed E-state index contributed by atoms with van der Waals surface area (Å²) in [6.07, 6.45) is 2.89. The molecule has 0 aromatic heterocycles. The van der Waals surface area contributed by atoms with Crippen molar-refractivity contribution in [1.82, 2.24) is 10.6 Å². The summed E-state index contributed by atoms with van der Waals surface area (Å²) in [5.41, 5.74) is 0. The number of nitrogens with one attached hydrogen (secondary N) is 2. The second-order valence-corrected chi connectivity index (χ2v) is 8.97. The maximum Gasteiger partial charge on any atom is 0.246 e. The summed E-state index contributed by atoms with van der Waals surface area (Å²) < 4.78 is 42.3. The first-order valence-corrected chi connectivity index (χ1v) is 14.6. The zero-order valence-corrected chi connectivity index (χ0v) is 25.5. The Morgan fingerprint density at radius 2 is 0.881 bits per heavy atom. The third kappa shape index (κ3) is 30.9. The van der Waals surface area contributed by atoms with Gasteiger partial charge in [-0.15, -0.1) is 0 Å². The highest BCUT2D eigenvalue weighted by Gasteiger charge is 2.05. The quantitative estimate of drug-likeness (QED) is 0.0966. The SMILES string of the molecule is CCCOCCOCC(=O)CCCOCCOCC(=O)NCCOCCOCC(=O)CCCOCCOCC(=O)NC. The summed E-state index contributed by atoms with van der Waals surface area (Å²) >= 11 is 0. The molecule has 246 valence electrons. The van der Waals surface area contributed by atoms with Gasteiger partial charge >= 0.3 is 0 Å². The van der Waals surface area contributed by atoms with E-state index in [0.29, 0.717) is 98.3 Å². The smallest absolute Gasteiger partial charge is 0.246 e. The number of hydrogen-bond donors (Lipinski definition) is 2. The van der Waals surface area contributed by atoms with Crippen LogP contribution in [-0.4, -0.2) is 143 Å². The first-order chi connectivity index (χ1) is 20.5. The standard InChI is InChI=1S/C28H52N2O12/c1-3-9-35-13-17-39-21-25(31)6-5-11-37-15-20-42-24-28(34)30-8-12-38-16-18-40-22-26(32)7-4-10-36-14-19-41-23-27(33)29-2/h3-24H2,1-2H3,(H,29,33)(H,30,34). The molecule has 0 fully saturated rings. The second-order valence-electron chi connectivity index (χ2n) is 8.97. The van der Waals surface area contributed by atoms with Gasteiger partial charge in [0, 0.05) is 46.3 Å². The topological polar surface area (TPSA) is 166 Å². The molecule has 0 aliphatic heterocycles. The first-order valence-electron chi connectivity index (χ1n) is 14.6. The van der Waals surface area contributed by atoms with Crippen molar-refractivity contribution in [2.45, 2.75) is 39.0 Å². The lowest BCUT2D eigenvalue weighted by Gasteiger charge is -2.08. The van der Waals surface area contributed by atoms with Crippen LogP contribution in [0.5, 0.6) is 0 Å². The molecular formula is C28H52N2O12. The van der Waals surface area contributed by atoms with Gasteiger partial charge in [-0.1, -0.05) is 6.92 Å². The fourth-order valence-corrected chi connectivity index (χ4v) is 3.00. The van der Waals surface area contributed by atoms with Gasteiger partial charge < -0.3 is 48.5 Å². The fourth-order valence-electron chi connectivity index (χ4n) is 3.00. The Morgan fingerprint density at radius 3 is 1.36 bits per heavy atom. The van der Waals surface area contributed by atoms with Crippen molar-refractivity contribution in [3.05, 3.63) is 0 Å². The van der Waals surface area contributed by atoms with Gasteiger partial charge in [0.1, 0.15) is 26.4 Å². The van der Waals surface area contributed by atoms with Crippen LogP contribution in [0.25, 0.3) is 0 Å². The minimum Gasteiger partial charge on any atom is -0.379 e. The highest BCUT2D eigenvalue weighted by atomic mass is 16.5. The van der Waals surface area contributed by atoms with Crippen molar-refractivity contribution >= 4 is 23.4 Å². The van der Waals surface area contributed by atoms with Crippen molar-refractivity contribution in [2.75, 3.05) is 119 Å². The molecule has 0 rings (SSSR count). The maximum absolute atomic E-state index is 11.8. The molecule has 2 N–H and O–H groups in total. The molecule has 0 heterocycles. The Kier molecular flexibility index (Phi) is 30.3. The Labute approximate surface area is 249 Å². The summed E-state index contributed by atoms with van der Waals surface area (Å²) in [7, 11) is 1.54. The van der Waals surface area contributed by atoms with Gasteiger partial charge in [0.15, 0.2) is 11.6 Å². The molecule has 0 aromatic rings. The van der Waals surface area contributed by atoms with Crippen molar-refractivity contribution in [1.29, 1.82) is 0 Å². The van der Waals surface area contributed by atoms with Gasteiger partial charge in [0.05, 0.1) is 59.5 Å². The molecule has 0 radical (unpaired) electrons. The van der Waals surface area contributed by atoms with E-state index in [2.05, 4.69) is 10.6 Å². The Hall–Kier alpha value is -2.04.